The number of hydrazone groups is 1. The van der Waals surface area contributed by atoms with Crippen molar-refractivity contribution in [3.63, 3.8) is 0 Å². The van der Waals surface area contributed by atoms with E-state index in [9.17, 15) is 22.8 Å². The number of aromatic amines is 1. The number of rotatable bonds is 4. The van der Waals surface area contributed by atoms with Gasteiger partial charge in [-0.25, -0.2) is 13.4 Å². The SMILES string of the molecule is O=C(NNC(=O)c1cc(-c2ccccc2)n[nH]1)C1=NN(C2CCS(=O)(=O)C2)C(=O)CC1. The molecule has 0 spiro atoms. The highest BCUT2D eigenvalue weighted by atomic mass is 32.2. The van der Waals surface area contributed by atoms with Crippen LogP contribution in [0.15, 0.2) is 41.5 Å². The molecule has 1 unspecified atom stereocenters. The molecule has 0 aliphatic carbocycles. The van der Waals surface area contributed by atoms with Crippen molar-refractivity contribution >= 4 is 33.3 Å². The number of carbonyl (C=O) groups excluding carboxylic acids is 3. The van der Waals surface area contributed by atoms with Crippen molar-refractivity contribution in [3.05, 3.63) is 42.1 Å². The number of H-pyrrole nitrogens is 1. The standard InChI is InChI=1S/C19H20N6O5S/c26-17-7-6-14(24-25(17)13-8-9-31(29,30)11-13)18(27)22-23-19(28)16-10-15(20-21-16)12-4-2-1-3-5-12/h1-5,10,13H,6-9,11H2,(H,20,21)(H,22,27)(H,23,28). The number of hydrogen-bond acceptors (Lipinski definition) is 7. The van der Waals surface area contributed by atoms with Gasteiger partial charge in [-0.2, -0.15) is 10.2 Å². The summed E-state index contributed by atoms with van der Waals surface area (Å²) >= 11 is 0. The molecular formula is C19H20N6O5S. The van der Waals surface area contributed by atoms with Crippen molar-refractivity contribution in [2.45, 2.75) is 25.3 Å². The normalized spacial score (nSPS) is 20.3. The van der Waals surface area contributed by atoms with Crippen molar-refractivity contribution in [2.24, 2.45) is 5.10 Å². The lowest BCUT2D eigenvalue weighted by Crippen LogP contribution is -2.48. The fourth-order valence-corrected chi connectivity index (χ4v) is 5.13. The average molecular weight is 444 g/mol. The number of aromatic nitrogens is 2. The average Bonchev–Trinajstić information content (AvgIpc) is 3.39. The highest BCUT2D eigenvalue weighted by Gasteiger charge is 2.37. The van der Waals surface area contributed by atoms with Gasteiger partial charge in [-0.3, -0.25) is 30.3 Å². The molecule has 1 aromatic carbocycles. The Morgan fingerprint density at radius 3 is 2.55 bits per heavy atom. The molecule has 162 valence electrons. The van der Waals surface area contributed by atoms with Gasteiger partial charge in [-0.15, -0.1) is 0 Å². The van der Waals surface area contributed by atoms with Crippen LogP contribution in [-0.2, 0) is 19.4 Å². The van der Waals surface area contributed by atoms with Crippen LogP contribution in [0.4, 0.5) is 0 Å². The molecule has 3 heterocycles. The Morgan fingerprint density at radius 2 is 1.84 bits per heavy atom. The molecule has 0 bridgehead atoms. The Hall–Kier alpha value is -3.54. The van der Waals surface area contributed by atoms with Crippen LogP contribution in [0.5, 0.6) is 0 Å². The summed E-state index contributed by atoms with van der Waals surface area (Å²) in [6.07, 6.45) is 0.420. The van der Waals surface area contributed by atoms with Gasteiger partial charge in [0.15, 0.2) is 9.84 Å². The fraction of sp³-hybridized carbons (Fsp3) is 0.316. The highest BCUT2D eigenvalue weighted by Crippen LogP contribution is 2.22. The minimum atomic E-state index is -3.21. The molecule has 11 nitrogen and oxygen atoms in total. The van der Waals surface area contributed by atoms with Crippen LogP contribution in [-0.4, -0.2) is 64.6 Å². The molecule has 12 heteroatoms. The van der Waals surface area contributed by atoms with Gasteiger partial charge in [-0.05, 0) is 12.5 Å². The van der Waals surface area contributed by atoms with Crippen molar-refractivity contribution in [1.82, 2.24) is 26.1 Å². The van der Waals surface area contributed by atoms with E-state index in [-0.39, 0.29) is 48.1 Å². The van der Waals surface area contributed by atoms with Crippen LogP contribution >= 0.6 is 0 Å². The minimum absolute atomic E-state index is 0.0102. The Labute approximate surface area is 177 Å². The van der Waals surface area contributed by atoms with E-state index in [1.807, 2.05) is 30.3 Å². The fourth-order valence-electron chi connectivity index (χ4n) is 3.44. The molecule has 1 aromatic heterocycles. The van der Waals surface area contributed by atoms with Gasteiger partial charge in [0.05, 0.1) is 23.2 Å². The van der Waals surface area contributed by atoms with Gasteiger partial charge in [0, 0.05) is 18.4 Å². The van der Waals surface area contributed by atoms with Crippen LogP contribution < -0.4 is 10.9 Å². The Bertz CT molecular complexity index is 1160. The first-order valence-corrected chi connectivity index (χ1v) is 11.5. The molecule has 2 aliphatic rings. The first kappa shape index (κ1) is 20.7. The van der Waals surface area contributed by atoms with E-state index in [4.69, 9.17) is 0 Å². The van der Waals surface area contributed by atoms with Crippen molar-refractivity contribution in [3.8, 4) is 11.3 Å². The van der Waals surface area contributed by atoms with Gasteiger partial charge >= 0.3 is 0 Å². The van der Waals surface area contributed by atoms with Gasteiger partial charge < -0.3 is 0 Å². The van der Waals surface area contributed by atoms with Gasteiger partial charge in [-0.1, -0.05) is 30.3 Å². The molecule has 0 saturated carbocycles. The largest absolute Gasteiger partial charge is 0.287 e. The number of hydrazine groups is 1. The van der Waals surface area contributed by atoms with E-state index < -0.39 is 27.7 Å². The van der Waals surface area contributed by atoms with E-state index in [1.54, 1.807) is 6.07 Å². The van der Waals surface area contributed by atoms with Crippen LogP contribution in [0.1, 0.15) is 29.8 Å². The monoisotopic (exact) mass is 444 g/mol. The second-order valence-electron chi connectivity index (χ2n) is 7.28. The molecule has 3 N–H and O–H groups in total. The number of amides is 3. The number of nitrogens with zero attached hydrogens (tertiary/aromatic N) is 3. The lowest BCUT2D eigenvalue weighted by Gasteiger charge is -2.27. The van der Waals surface area contributed by atoms with E-state index in [1.165, 1.54) is 0 Å². The maximum absolute atomic E-state index is 12.4. The summed E-state index contributed by atoms with van der Waals surface area (Å²) in [4.78, 5) is 36.9. The van der Waals surface area contributed by atoms with Crippen LogP contribution in [0.25, 0.3) is 11.3 Å². The highest BCUT2D eigenvalue weighted by molar-refractivity contribution is 7.91. The zero-order chi connectivity index (χ0) is 22.0. The third-order valence-corrected chi connectivity index (χ3v) is 6.81. The number of nitrogens with one attached hydrogen (secondary N) is 3. The van der Waals surface area contributed by atoms with Crippen molar-refractivity contribution < 1.29 is 22.8 Å². The summed E-state index contributed by atoms with van der Waals surface area (Å²) in [5, 5.41) is 11.8. The Balaban J connectivity index is 1.38. The van der Waals surface area contributed by atoms with Crippen molar-refractivity contribution in [2.75, 3.05) is 11.5 Å². The lowest BCUT2D eigenvalue weighted by atomic mass is 10.1. The quantitative estimate of drug-likeness (QED) is 0.564. The Morgan fingerprint density at radius 1 is 1.10 bits per heavy atom. The number of hydrogen-bond donors (Lipinski definition) is 3. The topological polar surface area (TPSA) is 154 Å². The van der Waals surface area contributed by atoms with E-state index in [0.29, 0.717) is 5.69 Å². The number of sulfone groups is 1. The molecule has 0 radical (unpaired) electrons. The molecule has 1 atom stereocenters. The maximum Gasteiger partial charge on any atom is 0.287 e. The second-order valence-corrected chi connectivity index (χ2v) is 9.51. The zero-order valence-corrected chi connectivity index (χ0v) is 17.2. The smallest absolute Gasteiger partial charge is 0.273 e. The van der Waals surface area contributed by atoms with E-state index in [2.05, 4.69) is 26.2 Å². The zero-order valence-electron chi connectivity index (χ0n) is 16.4. The van der Waals surface area contributed by atoms with Crippen LogP contribution in [0.3, 0.4) is 0 Å². The van der Waals surface area contributed by atoms with Gasteiger partial charge in [0.25, 0.3) is 11.8 Å². The molecule has 1 saturated heterocycles. The minimum Gasteiger partial charge on any atom is -0.273 e. The molecule has 4 rings (SSSR count). The summed E-state index contributed by atoms with van der Waals surface area (Å²) in [5.74, 6) is -1.78. The van der Waals surface area contributed by atoms with Gasteiger partial charge in [0.2, 0.25) is 5.91 Å². The van der Waals surface area contributed by atoms with Crippen molar-refractivity contribution in [1.29, 1.82) is 0 Å². The molecule has 2 aliphatic heterocycles. The van der Waals surface area contributed by atoms with Gasteiger partial charge in [0.1, 0.15) is 11.4 Å². The van der Waals surface area contributed by atoms with Crippen LogP contribution in [0, 0.1) is 0 Å². The molecular weight excluding hydrogens is 424 g/mol. The maximum atomic E-state index is 12.4. The number of benzene rings is 1. The summed E-state index contributed by atoms with van der Waals surface area (Å²) < 4.78 is 23.4. The first-order valence-electron chi connectivity index (χ1n) is 9.64. The number of carbonyl (C=O) groups is 3. The molecule has 2 aromatic rings. The van der Waals surface area contributed by atoms with E-state index >= 15 is 0 Å². The predicted octanol–water partition coefficient (Wildman–Crippen LogP) is 0.00320. The molecule has 31 heavy (non-hydrogen) atoms. The Kier molecular flexibility index (Phi) is 5.55. The van der Waals surface area contributed by atoms with Crippen LogP contribution in [0.2, 0.25) is 0 Å². The summed E-state index contributed by atoms with van der Waals surface area (Å²) in [5.41, 5.74) is 6.15. The third-order valence-electron chi connectivity index (χ3n) is 5.06. The molecule has 1 fully saturated rings. The van der Waals surface area contributed by atoms with E-state index in [0.717, 1.165) is 10.6 Å². The lowest BCUT2D eigenvalue weighted by molar-refractivity contribution is -0.133. The third kappa shape index (κ3) is 4.63. The predicted molar refractivity (Wildman–Crippen MR) is 110 cm³/mol. The first-order chi connectivity index (χ1) is 14.8. The summed E-state index contributed by atoms with van der Waals surface area (Å²) in [6, 6.07) is 10.3. The summed E-state index contributed by atoms with van der Waals surface area (Å²) in [6.45, 7) is 0. The second kappa shape index (κ2) is 8.30. The molecule has 3 amide bonds. The summed E-state index contributed by atoms with van der Waals surface area (Å²) in [7, 11) is -3.21.